The minimum atomic E-state index is -0.110. The van der Waals surface area contributed by atoms with Crippen molar-refractivity contribution in [2.24, 2.45) is 5.92 Å². The SMILES string of the molecule is O=C(CCN1CCC[C@H](C(=O)Nc2cnccn2)C1)Nc1ccc(N2CCOCC2)cc1. The molecule has 0 radical (unpaired) electrons. The normalized spacial score (nSPS) is 19.4. The van der Waals surface area contributed by atoms with Gasteiger partial charge >= 0.3 is 0 Å². The zero-order chi connectivity index (χ0) is 22.2. The highest BCUT2D eigenvalue weighted by atomic mass is 16.5. The van der Waals surface area contributed by atoms with E-state index in [0.29, 0.717) is 25.3 Å². The van der Waals surface area contributed by atoms with Gasteiger partial charge in [0.2, 0.25) is 11.8 Å². The highest BCUT2D eigenvalue weighted by Gasteiger charge is 2.26. The number of rotatable bonds is 7. The Kier molecular flexibility index (Phi) is 7.63. The molecule has 2 N–H and O–H groups in total. The zero-order valence-corrected chi connectivity index (χ0v) is 18.2. The van der Waals surface area contributed by atoms with Crippen LogP contribution in [0.4, 0.5) is 17.2 Å². The largest absolute Gasteiger partial charge is 0.378 e. The average Bonchev–Trinajstić information content (AvgIpc) is 2.84. The lowest BCUT2D eigenvalue weighted by molar-refractivity contribution is -0.121. The van der Waals surface area contributed by atoms with Crippen molar-refractivity contribution in [3.63, 3.8) is 0 Å². The van der Waals surface area contributed by atoms with Crippen molar-refractivity contribution in [2.45, 2.75) is 19.3 Å². The first-order valence-electron chi connectivity index (χ1n) is 11.2. The first kappa shape index (κ1) is 22.2. The number of nitrogens with one attached hydrogen (secondary N) is 2. The number of morpholine rings is 1. The maximum Gasteiger partial charge on any atom is 0.229 e. The molecule has 170 valence electrons. The number of likely N-dealkylation sites (tertiary alicyclic amines) is 1. The molecule has 32 heavy (non-hydrogen) atoms. The highest BCUT2D eigenvalue weighted by Crippen LogP contribution is 2.20. The number of piperidine rings is 1. The Bertz CT molecular complexity index is 886. The molecule has 2 aliphatic rings. The van der Waals surface area contributed by atoms with E-state index in [1.807, 2.05) is 24.3 Å². The molecule has 0 bridgehead atoms. The summed E-state index contributed by atoms with van der Waals surface area (Å²) >= 11 is 0. The van der Waals surface area contributed by atoms with E-state index in [9.17, 15) is 9.59 Å². The number of ether oxygens (including phenoxy) is 1. The number of aromatic nitrogens is 2. The van der Waals surface area contributed by atoms with Gasteiger partial charge in [-0.2, -0.15) is 0 Å². The standard InChI is InChI=1S/C23H30N6O3/c30-22(26-19-3-5-20(6-4-19)29-12-14-32-15-13-29)7-11-28-10-1-2-18(17-28)23(31)27-21-16-24-8-9-25-21/h3-6,8-9,16,18H,1-2,7,10-15,17H2,(H,26,30)(H,25,27,31)/t18-/m0/s1. The van der Waals surface area contributed by atoms with Crippen LogP contribution < -0.4 is 15.5 Å². The smallest absolute Gasteiger partial charge is 0.229 e. The fourth-order valence-corrected chi connectivity index (χ4v) is 4.12. The maximum absolute atomic E-state index is 12.5. The topological polar surface area (TPSA) is 99.7 Å². The number of amides is 2. The number of hydrogen-bond acceptors (Lipinski definition) is 7. The van der Waals surface area contributed by atoms with Crippen LogP contribution >= 0.6 is 0 Å². The van der Waals surface area contributed by atoms with Crippen molar-refractivity contribution >= 4 is 29.0 Å². The molecule has 1 aromatic carbocycles. The summed E-state index contributed by atoms with van der Waals surface area (Å²) in [6.45, 7) is 5.45. The second-order valence-corrected chi connectivity index (χ2v) is 8.16. The molecule has 3 heterocycles. The number of carbonyl (C=O) groups excluding carboxylic acids is 2. The van der Waals surface area contributed by atoms with Crippen LogP contribution in [-0.2, 0) is 14.3 Å². The van der Waals surface area contributed by atoms with Gasteiger partial charge in [-0.3, -0.25) is 14.6 Å². The number of nitrogens with zero attached hydrogens (tertiary/aromatic N) is 4. The molecular formula is C23H30N6O3. The number of anilines is 3. The Balaban J connectivity index is 1.21. The lowest BCUT2D eigenvalue weighted by atomic mass is 9.97. The summed E-state index contributed by atoms with van der Waals surface area (Å²) in [7, 11) is 0. The quantitative estimate of drug-likeness (QED) is 0.682. The molecule has 2 aliphatic heterocycles. The molecule has 0 unspecified atom stereocenters. The van der Waals surface area contributed by atoms with Gasteiger partial charge in [0.1, 0.15) is 0 Å². The summed E-state index contributed by atoms with van der Waals surface area (Å²) in [4.78, 5) is 37.5. The van der Waals surface area contributed by atoms with Crippen LogP contribution in [-0.4, -0.2) is 72.6 Å². The predicted octanol–water partition coefficient (Wildman–Crippen LogP) is 1.99. The maximum atomic E-state index is 12.5. The summed E-state index contributed by atoms with van der Waals surface area (Å²) < 4.78 is 5.39. The van der Waals surface area contributed by atoms with Crippen molar-refractivity contribution in [3.05, 3.63) is 42.9 Å². The minimum absolute atomic E-state index is 0.0183. The fourth-order valence-electron chi connectivity index (χ4n) is 4.12. The van der Waals surface area contributed by atoms with Gasteiger partial charge in [0.05, 0.1) is 25.3 Å². The van der Waals surface area contributed by atoms with Gasteiger partial charge in [-0.1, -0.05) is 0 Å². The molecule has 1 atom stereocenters. The average molecular weight is 439 g/mol. The number of carbonyl (C=O) groups is 2. The fraction of sp³-hybridized carbons (Fsp3) is 0.478. The van der Waals surface area contributed by atoms with Gasteiger partial charge in [-0.25, -0.2) is 4.98 Å². The van der Waals surface area contributed by atoms with Crippen molar-refractivity contribution in [3.8, 4) is 0 Å². The van der Waals surface area contributed by atoms with Crippen LogP contribution in [0.1, 0.15) is 19.3 Å². The van der Waals surface area contributed by atoms with E-state index < -0.39 is 0 Å². The van der Waals surface area contributed by atoms with E-state index in [-0.39, 0.29) is 17.7 Å². The molecule has 0 saturated carbocycles. The van der Waals surface area contributed by atoms with E-state index in [4.69, 9.17) is 4.74 Å². The molecule has 0 spiro atoms. The molecule has 2 amide bonds. The lowest BCUT2D eigenvalue weighted by Crippen LogP contribution is -2.41. The van der Waals surface area contributed by atoms with Gasteiger partial charge in [-0.05, 0) is 43.7 Å². The number of hydrogen-bond donors (Lipinski definition) is 2. The molecule has 9 nitrogen and oxygen atoms in total. The van der Waals surface area contributed by atoms with Crippen LogP contribution in [0.15, 0.2) is 42.9 Å². The molecule has 9 heteroatoms. The first-order valence-corrected chi connectivity index (χ1v) is 11.2. The third-order valence-corrected chi connectivity index (χ3v) is 5.87. The zero-order valence-electron chi connectivity index (χ0n) is 18.2. The number of benzene rings is 1. The van der Waals surface area contributed by atoms with E-state index >= 15 is 0 Å². The van der Waals surface area contributed by atoms with Crippen LogP contribution in [0.3, 0.4) is 0 Å². The van der Waals surface area contributed by atoms with E-state index in [0.717, 1.165) is 57.1 Å². The first-order chi connectivity index (χ1) is 15.7. The highest BCUT2D eigenvalue weighted by molar-refractivity contribution is 5.92. The Morgan fingerprint density at radius 2 is 1.88 bits per heavy atom. The Hall–Kier alpha value is -3.04. The predicted molar refractivity (Wildman–Crippen MR) is 123 cm³/mol. The molecule has 2 fully saturated rings. The summed E-state index contributed by atoms with van der Waals surface area (Å²) in [5.41, 5.74) is 1.94. The van der Waals surface area contributed by atoms with E-state index in [1.165, 1.54) is 6.20 Å². The van der Waals surface area contributed by atoms with Crippen molar-refractivity contribution in [1.82, 2.24) is 14.9 Å². The summed E-state index contributed by atoms with van der Waals surface area (Å²) in [6, 6.07) is 7.95. The van der Waals surface area contributed by atoms with E-state index in [1.54, 1.807) is 12.4 Å². The van der Waals surface area contributed by atoms with Crippen molar-refractivity contribution in [2.75, 3.05) is 61.5 Å². The van der Waals surface area contributed by atoms with E-state index in [2.05, 4.69) is 30.4 Å². The second kappa shape index (κ2) is 11.0. The van der Waals surface area contributed by atoms with Gasteiger partial charge in [0.25, 0.3) is 0 Å². The van der Waals surface area contributed by atoms with Crippen LogP contribution in [0, 0.1) is 5.92 Å². The summed E-state index contributed by atoms with van der Waals surface area (Å²) in [6.07, 6.45) is 6.83. The molecule has 4 rings (SSSR count). The third kappa shape index (κ3) is 6.24. The Labute approximate surface area is 188 Å². The monoisotopic (exact) mass is 438 g/mol. The lowest BCUT2D eigenvalue weighted by Gasteiger charge is -2.31. The van der Waals surface area contributed by atoms with Gasteiger partial charge in [0, 0.05) is 56.4 Å². The Morgan fingerprint density at radius 1 is 1.06 bits per heavy atom. The van der Waals surface area contributed by atoms with Gasteiger partial charge in [-0.15, -0.1) is 0 Å². The van der Waals surface area contributed by atoms with Crippen molar-refractivity contribution < 1.29 is 14.3 Å². The third-order valence-electron chi connectivity index (χ3n) is 5.87. The summed E-state index contributed by atoms with van der Waals surface area (Å²) in [5, 5.41) is 5.80. The van der Waals surface area contributed by atoms with Gasteiger partial charge < -0.3 is 25.2 Å². The van der Waals surface area contributed by atoms with Gasteiger partial charge in [0.15, 0.2) is 5.82 Å². The molecule has 1 aromatic heterocycles. The second-order valence-electron chi connectivity index (χ2n) is 8.16. The van der Waals surface area contributed by atoms with Crippen LogP contribution in [0.2, 0.25) is 0 Å². The Morgan fingerprint density at radius 3 is 2.62 bits per heavy atom. The molecule has 0 aliphatic carbocycles. The molecule has 2 aromatic rings. The van der Waals surface area contributed by atoms with Crippen LogP contribution in [0.5, 0.6) is 0 Å². The summed E-state index contributed by atoms with van der Waals surface area (Å²) in [5.74, 6) is 0.297. The minimum Gasteiger partial charge on any atom is -0.378 e. The molecular weight excluding hydrogens is 408 g/mol. The van der Waals surface area contributed by atoms with Crippen LogP contribution in [0.25, 0.3) is 0 Å². The van der Waals surface area contributed by atoms with Crippen molar-refractivity contribution in [1.29, 1.82) is 0 Å². The molecule has 2 saturated heterocycles.